The van der Waals surface area contributed by atoms with E-state index >= 15 is 0 Å². The summed E-state index contributed by atoms with van der Waals surface area (Å²) >= 11 is 0. The zero-order valence-corrected chi connectivity index (χ0v) is 13.3. The van der Waals surface area contributed by atoms with E-state index in [1.807, 2.05) is 19.1 Å². The number of carbonyl (C=O) groups is 2. The molecule has 2 N–H and O–H groups in total. The minimum atomic E-state index is -0.533. The number of nitrogens with zero attached hydrogens (tertiary/aromatic N) is 1. The maximum atomic E-state index is 12.4. The number of allylic oxidation sites excluding steroid dienone is 2. The molecule has 23 heavy (non-hydrogen) atoms. The summed E-state index contributed by atoms with van der Waals surface area (Å²) in [4.78, 5) is 28.4. The van der Waals surface area contributed by atoms with E-state index in [0.717, 1.165) is 35.4 Å². The van der Waals surface area contributed by atoms with Crippen molar-refractivity contribution in [2.24, 2.45) is 10.4 Å². The van der Waals surface area contributed by atoms with E-state index in [-0.39, 0.29) is 11.2 Å². The van der Waals surface area contributed by atoms with E-state index < -0.39 is 5.91 Å². The number of hydrogen-bond acceptors (Lipinski definition) is 4. The second-order valence-corrected chi connectivity index (χ2v) is 6.44. The monoisotopic (exact) mass is 312 g/mol. The van der Waals surface area contributed by atoms with Crippen molar-refractivity contribution in [3.05, 3.63) is 46.7 Å². The van der Waals surface area contributed by atoms with Crippen molar-refractivity contribution >= 4 is 17.4 Å². The molecule has 5 nitrogen and oxygen atoms in total. The van der Waals surface area contributed by atoms with Crippen LogP contribution in [0.15, 0.2) is 40.5 Å². The fourth-order valence-corrected chi connectivity index (χ4v) is 3.54. The minimum absolute atomic E-state index is 0.214. The third kappa shape index (κ3) is 2.61. The van der Waals surface area contributed by atoms with Crippen molar-refractivity contribution in [3.63, 3.8) is 0 Å². The molecular formula is C18H20N2O3. The highest BCUT2D eigenvalue weighted by molar-refractivity contribution is 6.09. The van der Waals surface area contributed by atoms with Gasteiger partial charge in [0, 0.05) is 34.4 Å². The van der Waals surface area contributed by atoms with Crippen molar-refractivity contribution in [2.45, 2.75) is 39.5 Å². The molecule has 3 rings (SSSR count). The number of rotatable bonds is 3. The van der Waals surface area contributed by atoms with Crippen molar-refractivity contribution in [1.82, 2.24) is 5.48 Å². The molecule has 0 bridgehead atoms. The normalized spacial score (nSPS) is 23.6. The zero-order chi connectivity index (χ0) is 16.6. The molecule has 0 aromatic heterocycles. The first-order valence-corrected chi connectivity index (χ1v) is 7.81. The molecule has 120 valence electrons. The van der Waals surface area contributed by atoms with Crippen LogP contribution in [0.1, 0.15) is 49.0 Å². The second-order valence-electron chi connectivity index (χ2n) is 6.44. The zero-order valence-electron chi connectivity index (χ0n) is 13.3. The summed E-state index contributed by atoms with van der Waals surface area (Å²) in [6.07, 6.45) is 3.04. The lowest BCUT2D eigenvalue weighted by molar-refractivity contribution is -0.116. The van der Waals surface area contributed by atoms with Crippen LogP contribution in [0.3, 0.4) is 0 Å². The van der Waals surface area contributed by atoms with E-state index in [0.29, 0.717) is 18.4 Å². The van der Waals surface area contributed by atoms with Gasteiger partial charge in [-0.1, -0.05) is 12.1 Å². The third-order valence-electron chi connectivity index (χ3n) is 4.91. The summed E-state index contributed by atoms with van der Waals surface area (Å²) in [7, 11) is 0. The molecule has 1 amide bonds. The minimum Gasteiger partial charge on any atom is -0.294 e. The molecule has 1 unspecified atom stereocenters. The van der Waals surface area contributed by atoms with Gasteiger partial charge < -0.3 is 0 Å². The van der Waals surface area contributed by atoms with Crippen LogP contribution in [-0.4, -0.2) is 22.6 Å². The second kappa shape index (κ2) is 5.74. The number of nitrogens with one attached hydrogen (secondary N) is 1. The molecule has 1 aromatic carbocycles. The van der Waals surface area contributed by atoms with E-state index in [2.05, 4.69) is 11.9 Å². The van der Waals surface area contributed by atoms with Crippen LogP contribution in [0, 0.1) is 5.41 Å². The predicted octanol–water partition coefficient (Wildman–Crippen LogP) is 2.84. The Morgan fingerprint density at radius 1 is 1.30 bits per heavy atom. The molecule has 1 aliphatic carbocycles. The molecule has 0 radical (unpaired) electrons. The largest absolute Gasteiger partial charge is 0.294 e. The molecular weight excluding hydrogens is 292 g/mol. The summed E-state index contributed by atoms with van der Waals surface area (Å²) in [6, 6.07) is 7.05. The Bertz CT molecular complexity index is 731. The third-order valence-corrected chi connectivity index (χ3v) is 4.91. The van der Waals surface area contributed by atoms with Gasteiger partial charge in [0.1, 0.15) is 0 Å². The van der Waals surface area contributed by atoms with Crippen molar-refractivity contribution in [2.75, 3.05) is 0 Å². The number of ketones is 1. The SMILES string of the molecule is CC1=NC2=C(C(=O)CCC2)C1(C)Cc1ccc(C(=O)NO)cc1. The number of hydroxylamine groups is 1. The standard InChI is InChI=1S/C18H20N2O3/c1-11-18(2,16-14(19-11)4-3-5-15(16)21)10-12-6-8-13(9-7-12)17(22)20-23/h6-9,23H,3-5,10H2,1-2H3,(H,20,22). The molecule has 0 saturated carbocycles. The van der Waals surface area contributed by atoms with Crippen LogP contribution in [0.25, 0.3) is 0 Å². The summed E-state index contributed by atoms with van der Waals surface area (Å²) in [6.45, 7) is 4.06. The Morgan fingerprint density at radius 2 is 2.00 bits per heavy atom. The Balaban J connectivity index is 1.89. The number of hydrogen-bond donors (Lipinski definition) is 2. The molecule has 1 aliphatic heterocycles. The maximum absolute atomic E-state index is 12.4. The highest BCUT2D eigenvalue weighted by Crippen LogP contribution is 2.44. The molecule has 5 heteroatoms. The summed E-state index contributed by atoms with van der Waals surface area (Å²) < 4.78 is 0. The molecule has 0 saturated heterocycles. The highest BCUT2D eigenvalue weighted by atomic mass is 16.5. The Kier molecular flexibility index (Phi) is 3.90. The topological polar surface area (TPSA) is 78.8 Å². The number of carbonyl (C=O) groups excluding carboxylic acids is 2. The van der Waals surface area contributed by atoms with Crippen LogP contribution in [0.5, 0.6) is 0 Å². The predicted molar refractivity (Wildman–Crippen MR) is 86.5 cm³/mol. The molecule has 1 atom stereocenters. The lowest BCUT2D eigenvalue weighted by Crippen LogP contribution is -2.32. The van der Waals surface area contributed by atoms with Crippen LogP contribution < -0.4 is 5.48 Å². The van der Waals surface area contributed by atoms with Gasteiger partial charge in [0.25, 0.3) is 5.91 Å². The van der Waals surface area contributed by atoms with E-state index in [1.54, 1.807) is 17.6 Å². The average molecular weight is 312 g/mol. The lowest BCUT2D eigenvalue weighted by Gasteiger charge is -2.29. The first-order valence-electron chi connectivity index (χ1n) is 7.81. The quantitative estimate of drug-likeness (QED) is 0.665. The Morgan fingerprint density at radius 3 is 2.65 bits per heavy atom. The summed E-state index contributed by atoms with van der Waals surface area (Å²) in [5.74, 6) is -0.320. The fraction of sp³-hybridized carbons (Fsp3) is 0.389. The van der Waals surface area contributed by atoms with Crippen LogP contribution in [-0.2, 0) is 11.2 Å². The average Bonchev–Trinajstić information content (AvgIpc) is 2.79. The van der Waals surface area contributed by atoms with E-state index in [4.69, 9.17) is 5.21 Å². The lowest BCUT2D eigenvalue weighted by atomic mass is 9.71. The number of Topliss-reactive ketones (excluding diaryl/α,β-unsaturated/α-hetero) is 1. The van der Waals surface area contributed by atoms with Gasteiger partial charge in [0.15, 0.2) is 5.78 Å². The van der Waals surface area contributed by atoms with Gasteiger partial charge in [-0.2, -0.15) is 0 Å². The number of amides is 1. The molecule has 1 heterocycles. The van der Waals surface area contributed by atoms with Crippen LogP contribution in [0.4, 0.5) is 0 Å². The highest BCUT2D eigenvalue weighted by Gasteiger charge is 2.43. The van der Waals surface area contributed by atoms with E-state index in [1.165, 1.54) is 0 Å². The van der Waals surface area contributed by atoms with Gasteiger partial charge in [-0.25, -0.2) is 5.48 Å². The van der Waals surface area contributed by atoms with Gasteiger partial charge >= 0.3 is 0 Å². The van der Waals surface area contributed by atoms with Crippen molar-refractivity contribution < 1.29 is 14.8 Å². The van der Waals surface area contributed by atoms with Crippen LogP contribution in [0.2, 0.25) is 0 Å². The maximum Gasteiger partial charge on any atom is 0.274 e. The van der Waals surface area contributed by atoms with Crippen molar-refractivity contribution in [1.29, 1.82) is 0 Å². The van der Waals surface area contributed by atoms with E-state index in [9.17, 15) is 9.59 Å². The van der Waals surface area contributed by atoms with Gasteiger partial charge in [0.2, 0.25) is 0 Å². The van der Waals surface area contributed by atoms with Crippen LogP contribution >= 0.6 is 0 Å². The molecule has 0 spiro atoms. The smallest absolute Gasteiger partial charge is 0.274 e. The first kappa shape index (κ1) is 15.6. The van der Waals surface area contributed by atoms with Gasteiger partial charge in [-0.3, -0.25) is 19.8 Å². The number of benzene rings is 1. The Hall–Kier alpha value is -2.27. The molecule has 0 fully saturated rings. The summed E-state index contributed by atoms with van der Waals surface area (Å²) in [5.41, 5.74) is 5.49. The fourth-order valence-electron chi connectivity index (χ4n) is 3.54. The van der Waals surface area contributed by atoms with Gasteiger partial charge in [-0.05, 0) is 50.8 Å². The van der Waals surface area contributed by atoms with Gasteiger partial charge in [0.05, 0.1) is 0 Å². The number of aliphatic imine (C=N–C) groups is 1. The molecule has 1 aromatic rings. The first-order chi connectivity index (χ1) is 11.0. The molecule has 2 aliphatic rings. The van der Waals surface area contributed by atoms with Crippen molar-refractivity contribution in [3.8, 4) is 0 Å². The Labute approximate surface area is 135 Å². The summed E-state index contributed by atoms with van der Waals surface area (Å²) in [5, 5.41) is 8.66. The van der Waals surface area contributed by atoms with Gasteiger partial charge in [-0.15, -0.1) is 0 Å².